The van der Waals surface area contributed by atoms with Gasteiger partial charge >= 0.3 is 0 Å². The van der Waals surface area contributed by atoms with Crippen LogP contribution in [-0.4, -0.2) is 47.8 Å². The van der Waals surface area contributed by atoms with Gasteiger partial charge in [-0.3, -0.25) is 4.79 Å². The molecule has 0 saturated carbocycles. The third-order valence-electron chi connectivity index (χ3n) is 5.23. The lowest BCUT2D eigenvalue weighted by atomic mass is 9.98. The van der Waals surface area contributed by atoms with Crippen LogP contribution in [0.1, 0.15) is 30.2 Å². The number of hydrogen-bond acceptors (Lipinski definition) is 6. The van der Waals surface area contributed by atoms with Gasteiger partial charge in [0.1, 0.15) is 12.4 Å². The normalized spacial score (nSPS) is 16.4. The molecule has 1 fully saturated rings. The first kappa shape index (κ1) is 20.1. The van der Waals surface area contributed by atoms with E-state index < -0.39 is 0 Å². The Kier molecular flexibility index (Phi) is 6.39. The summed E-state index contributed by atoms with van der Waals surface area (Å²) in [5.74, 6) is 1.85. The molecule has 1 amide bonds. The molecule has 1 aliphatic heterocycles. The molecule has 4 rings (SSSR count). The summed E-state index contributed by atoms with van der Waals surface area (Å²) in [6, 6.07) is 17.4. The first-order valence-corrected chi connectivity index (χ1v) is 10.1. The van der Waals surface area contributed by atoms with E-state index in [0.29, 0.717) is 24.9 Å². The Labute approximate surface area is 175 Å². The minimum Gasteiger partial charge on any atom is -0.497 e. The van der Waals surface area contributed by atoms with Gasteiger partial charge < -0.3 is 18.9 Å². The van der Waals surface area contributed by atoms with Gasteiger partial charge in [0.25, 0.3) is 0 Å². The summed E-state index contributed by atoms with van der Waals surface area (Å²) >= 11 is 0. The van der Waals surface area contributed by atoms with Crippen LogP contribution in [0.25, 0.3) is 11.4 Å². The molecule has 0 radical (unpaired) electrons. The predicted molar refractivity (Wildman–Crippen MR) is 111 cm³/mol. The van der Waals surface area contributed by atoms with Gasteiger partial charge in [-0.15, -0.1) is 0 Å². The Balaban J connectivity index is 1.34. The summed E-state index contributed by atoms with van der Waals surface area (Å²) in [5, 5.41) is 4.12. The number of likely N-dealkylation sites (tertiary alicyclic amines) is 1. The van der Waals surface area contributed by atoms with Gasteiger partial charge in [-0.2, -0.15) is 4.98 Å². The molecule has 7 nitrogen and oxygen atoms in total. The lowest BCUT2D eigenvalue weighted by molar-refractivity contribution is -0.137. The first-order valence-electron chi connectivity index (χ1n) is 10.1. The van der Waals surface area contributed by atoms with Crippen molar-refractivity contribution in [2.24, 2.45) is 0 Å². The Morgan fingerprint density at radius 2 is 2.07 bits per heavy atom. The van der Waals surface area contributed by atoms with Crippen LogP contribution in [0, 0.1) is 0 Å². The van der Waals surface area contributed by atoms with Crippen LogP contribution in [0.4, 0.5) is 0 Å². The number of rotatable bonds is 7. The summed E-state index contributed by atoms with van der Waals surface area (Å²) in [6.45, 7) is 1.78. The minimum atomic E-state index is -0.0110. The molecule has 0 N–H and O–H groups in total. The van der Waals surface area contributed by atoms with Crippen molar-refractivity contribution in [2.75, 3.05) is 26.8 Å². The second-order valence-corrected chi connectivity index (χ2v) is 7.35. The number of carbonyl (C=O) groups excluding carboxylic acids is 1. The molecule has 2 aromatic carbocycles. The fourth-order valence-electron chi connectivity index (χ4n) is 3.61. The van der Waals surface area contributed by atoms with E-state index in [1.807, 2.05) is 59.5 Å². The molecule has 1 aromatic heterocycles. The second kappa shape index (κ2) is 9.54. The highest BCUT2D eigenvalue weighted by molar-refractivity contribution is 5.77. The smallest absolute Gasteiger partial charge is 0.248 e. The quantitative estimate of drug-likeness (QED) is 0.595. The van der Waals surface area contributed by atoms with Crippen molar-refractivity contribution in [3.8, 4) is 17.1 Å². The number of piperidine rings is 1. The lowest BCUT2D eigenvalue weighted by Gasteiger charge is -2.31. The Morgan fingerprint density at radius 3 is 2.90 bits per heavy atom. The number of hydrogen-bond donors (Lipinski definition) is 0. The average molecular weight is 407 g/mol. The molecule has 1 atom stereocenters. The second-order valence-electron chi connectivity index (χ2n) is 7.35. The molecule has 30 heavy (non-hydrogen) atoms. The number of amides is 1. The standard InChI is InChI=1S/C23H25N3O4/c1-28-20-11-5-9-18(13-20)22-24-23(30-25-22)19-10-6-12-26(14-19)21(27)16-29-15-17-7-3-2-4-8-17/h2-5,7-9,11,13,19H,6,10,12,14-16H2,1H3. The number of ether oxygens (including phenoxy) is 2. The fourth-order valence-corrected chi connectivity index (χ4v) is 3.61. The van der Waals surface area contributed by atoms with E-state index in [1.54, 1.807) is 7.11 Å². The molecule has 7 heteroatoms. The van der Waals surface area contributed by atoms with E-state index in [9.17, 15) is 4.79 Å². The molecule has 1 saturated heterocycles. The highest BCUT2D eigenvalue weighted by Gasteiger charge is 2.28. The zero-order chi connectivity index (χ0) is 20.8. The molecular weight excluding hydrogens is 382 g/mol. The Bertz CT molecular complexity index is 973. The van der Waals surface area contributed by atoms with Crippen molar-refractivity contribution in [1.29, 1.82) is 0 Å². The summed E-state index contributed by atoms with van der Waals surface area (Å²) in [7, 11) is 1.62. The Morgan fingerprint density at radius 1 is 1.20 bits per heavy atom. The van der Waals surface area contributed by atoms with Crippen molar-refractivity contribution in [1.82, 2.24) is 15.0 Å². The monoisotopic (exact) mass is 407 g/mol. The first-order chi connectivity index (χ1) is 14.7. The van der Waals surface area contributed by atoms with E-state index >= 15 is 0 Å². The Hall–Kier alpha value is -3.19. The van der Waals surface area contributed by atoms with Crippen LogP contribution in [-0.2, 0) is 16.1 Å². The molecular formula is C23H25N3O4. The topological polar surface area (TPSA) is 77.7 Å². The zero-order valence-corrected chi connectivity index (χ0v) is 17.0. The van der Waals surface area contributed by atoms with Gasteiger partial charge in [-0.1, -0.05) is 47.6 Å². The van der Waals surface area contributed by atoms with Gasteiger partial charge in [0.15, 0.2) is 0 Å². The minimum absolute atomic E-state index is 0.0110. The lowest BCUT2D eigenvalue weighted by Crippen LogP contribution is -2.41. The molecule has 1 unspecified atom stereocenters. The van der Waals surface area contributed by atoms with E-state index in [0.717, 1.165) is 36.3 Å². The fraction of sp³-hybridized carbons (Fsp3) is 0.348. The third-order valence-corrected chi connectivity index (χ3v) is 5.23. The number of nitrogens with zero attached hydrogens (tertiary/aromatic N) is 3. The van der Waals surface area contributed by atoms with Crippen molar-refractivity contribution < 1.29 is 18.8 Å². The molecule has 1 aliphatic rings. The van der Waals surface area contributed by atoms with Crippen LogP contribution in [0.2, 0.25) is 0 Å². The summed E-state index contributed by atoms with van der Waals surface area (Å²) < 4.78 is 16.4. The molecule has 0 aliphatic carbocycles. The largest absolute Gasteiger partial charge is 0.497 e. The van der Waals surface area contributed by atoms with Crippen LogP contribution in [0.5, 0.6) is 5.75 Å². The van der Waals surface area contributed by atoms with Crippen molar-refractivity contribution in [3.63, 3.8) is 0 Å². The summed E-state index contributed by atoms with van der Waals surface area (Å²) in [5.41, 5.74) is 1.89. The highest BCUT2D eigenvalue weighted by Crippen LogP contribution is 2.28. The molecule has 156 valence electrons. The van der Waals surface area contributed by atoms with E-state index in [1.165, 1.54) is 0 Å². The van der Waals surface area contributed by atoms with Gasteiger partial charge in [-0.05, 0) is 30.5 Å². The van der Waals surface area contributed by atoms with Crippen LogP contribution in [0.3, 0.4) is 0 Å². The maximum atomic E-state index is 12.6. The zero-order valence-electron chi connectivity index (χ0n) is 17.0. The van der Waals surface area contributed by atoms with Crippen molar-refractivity contribution in [2.45, 2.75) is 25.4 Å². The van der Waals surface area contributed by atoms with Crippen LogP contribution >= 0.6 is 0 Å². The van der Waals surface area contributed by atoms with E-state index in [4.69, 9.17) is 14.0 Å². The van der Waals surface area contributed by atoms with Gasteiger partial charge in [0.2, 0.25) is 17.6 Å². The number of benzene rings is 2. The molecule has 0 bridgehead atoms. The van der Waals surface area contributed by atoms with Gasteiger partial charge in [0, 0.05) is 18.7 Å². The van der Waals surface area contributed by atoms with E-state index in [-0.39, 0.29) is 18.4 Å². The number of carbonyl (C=O) groups is 1. The predicted octanol–water partition coefficient (Wildman–Crippen LogP) is 3.67. The highest BCUT2D eigenvalue weighted by atomic mass is 16.5. The number of methoxy groups -OCH3 is 1. The van der Waals surface area contributed by atoms with Crippen molar-refractivity contribution >= 4 is 5.91 Å². The summed E-state index contributed by atoms with van der Waals surface area (Å²) in [6.07, 6.45) is 1.81. The molecule has 2 heterocycles. The average Bonchev–Trinajstić information content (AvgIpc) is 3.30. The van der Waals surface area contributed by atoms with Crippen molar-refractivity contribution in [3.05, 3.63) is 66.1 Å². The molecule has 3 aromatic rings. The van der Waals surface area contributed by atoms with E-state index in [2.05, 4.69) is 10.1 Å². The maximum Gasteiger partial charge on any atom is 0.248 e. The maximum absolute atomic E-state index is 12.6. The third kappa shape index (κ3) is 4.86. The molecule has 0 spiro atoms. The van der Waals surface area contributed by atoms with Gasteiger partial charge in [0.05, 0.1) is 19.6 Å². The number of aromatic nitrogens is 2. The van der Waals surface area contributed by atoms with Crippen LogP contribution < -0.4 is 4.74 Å². The van der Waals surface area contributed by atoms with Gasteiger partial charge in [-0.25, -0.2) is 0 Å². The van der Waals surface area contributed by atoms with Crippen LogP contribution in [0.15, 0.2) is 59.1 Å². The SMILES string of the molecule is COc1cccc(-c2noc(C3CCCN(C(=O)COCc4ccccc4)C3)n2)c1. The summed E-state index contributed by atoms with van der Waals surface area (Å²) in [4.78, 5) is 19.0.